The van der Waals surface area contributed by atoms with Crippen LogP contribution in [0, 0.1) is 0 Å². The summed E-state index contributed by atoms with van der Waals surface area (Å²) in [4.78, 5) is 22.0. The van der Waals surface area contributed by atoms with E-state index in [1.54, 1.807) is 24.3 Å². The molecule has 2 aromatic carbocycles. The van der Waals surface area contributed by atoms with Crippen molar-refractivity contribution in [3.05, 3.63) is 83.9 Å². The molecule has 4 heteroatoms. The summed E-state index contributed by atoms with van der Waals surface area (Å²) in [6.45, 7) is 5.42. The first kappa shape index (κ1) is 17.2. The number of carboxylic acids is 1. The minimum atomic E-state index is -1.01. The van der Waals surface area contributed by atoms with Crippen molar-refractivity contribution in [3.63, 3.8) is 0 Å². The average molecular weight is 322 g/mol. The molecule has 0 saturated heterocycles. The lowest BCUT2D eigenvalue weighted by Gasteiger charge is -2.20. The molecule has 0 spiro atoms. The lowest BCUT2D eigenvalue weighted by Crippen LogP contribution is -2.10. The second-order valence-electron chi connectivity index (χ2n) is 5.22. The molecule has 0 saturated carbocycles. The second-order valence-corrected chi connectivity index (χ2v) is 5.22. The number of ether oxygens (including phenoxy) is 1. The van der Waals surface area contributed by atoms with Crippen LogP contribution in [0.1, 0.15) is 29.7 Å². The van der Waals surface area contributed by atoms with Gasteiger partial charge in [0.2, 0.25) is 0 Å². The summed E-state index contributed by atoms with van der Waals surface area (Å²) in [5, 5.41) is 8.66. The number of hydrogen-bond donors (Lipinski definition) is 1. The molecule has 0 aliphatic rings. The minimum absolute atomic E-state index is 0.396. The lowest BCUT2D eigenvalue weighted by molar-refractivity contribution is -0.144. The maximum Gasteiger partial charge on any atom is 0.328 e. The van der Waals surface area contributed by atoms with E-state index in [0.29, 0.717) is 5.57 Å². The van der Waals surface area contributed by atoms with Crippen molar-refractivity contribution in [1.82, 2.24) is 0 Å². The Morgan fingerprint density at radius 1 is 1.08 bits per heavy atom. The monoisotopic (exact) mass is 322 g/mol. The van der Waals surface area contributed by atoms with Gasteiger partial charge in [-0.3, -0.25) is 4.79 Å². The summed E-state index contributed by atoms with van der Waals surface area (Å²) in [5.41, 5.74) is 3.08. The Morgan fingerprint density at radius 3 is 2.25 bits per heavy atom. The Balaban J connectivity index is 2.29. The van der Waals surface area contributed by atoms with Crippen LogP contribution in [0.2, 0.25) is 0 Å². The molecule has 1 atom stereocenters. The van der Waals surface area contributed by atoms with Crippen LogP contribution >= 0.6 is 0 Å². The third-order valence-electron chi connectivity index (χ3n) is 3.40. The van der Waals surface area contributed by atoms with Gasteiger partial charge >= 0.3 is 11.9 Å². The molecule has 0 fully saturated rings. The summed E-state index contributed by atoms with van der Waals surface area (Å²) < 4.78 is 5.44. The summed E-state index contributed by atoms with van der Waals surface area (Å²) >= 11 is 0. The predicted octanol–water partition coefficient (Wildman–Crippen LogP) is 4.10. The van der Waals surface area contributed by atoms with Crippen molar-refractivity contribution < 1.29 is 19.4 Å². The number of hydrogen-bond acceptors (Lipinski definition) is 3. The largest absolute Gasteiger partial charge is 0.478 e. The number of rotatable bonds is 6. The highest BCUT2D eigenvalue weighted by molar-refractivity contribution is 5.85. The molecule has 122 valence electrons. The smallest absolute Gasteiger partial charge is 0.328 e. The molecule has 1 N–H and O–H groups in total. The van der Waals surface area contributed by atoms with Gasteiger partial charge in [-0.1, -0.05) is 61.2 Å². The molecule has 0 radical (unpaired) electrons. The fourth-order valence-corrected chi connectivity index (χ4v) is 2.26. The third-order valence-corrected chi connectivity index (χ3v) is 3.40. The molecule has 24 heavy (non-hydrogen) atoms. The second kappa shape index (κ2) is 7.92. The van der Waals surface area contributed by atoms with Crippen LogP contribution in [-0.4, -0.2) is 17.0 Å². The first-order valence-electron chi connectivity index (χ1n) is 7.40. The summed E-state index contributed by atoms with van der Waals surface area (Å²) in [6, 6.07) is 16.6. The van der Waals surface area contributed by atoms with Crippen molar-refractivity contribution in [2.24, 2.45) is 0 Å². The Labute approximate surface area is 140 Å². The van der Waals surface area contributed by atoms with Gasteiger partial charge in [0.05, 0.1) is 0 Å². The van der Waals surface area contributed by atoms with Crippen LogP contribution in [-0.2, 0) is 14.3 Å². The van der Waals surface area contributed by atoms with Gasteiger partial charge in [-0.25, -0.2) is 4.79 Å². The van der Waals surface area contributed by atoms with Gasteiger partial charge in [-0.05, 0) is 28.3 Å². The van der Waals surface area contributed by atoms with E-state index < -0.39 is 18.0 Å². The van der Waals surface area contributed by atoms with E-state index in [1.165, 1.54) is 13.0 Å². The zero-order chi connectivity index (χ0) is 17.5. The topological polar surface area (TPSA) is 63.6 Å². The van der Waals surface area contributed by atoms with Crippen LogP contribution in [0.15, 0.2) is 67.3 Å². The SMILES string of the molecule is C=C(c1ccccc1)C(OC(C)=O)c1ccc(C=CC(=O)O)cc1. The van der Waals surface area contributed by atoms with Crippen molar-refractivity contribution >= 4 is 23.6 Å². The molecular formula is C20H18O4. The molecule has 2 aromatic rings. The van der Waals surface area contributed by atoms with Gasteiger partial charge < -0.3 is 9.84 Å². The Hall–Kier alpha value is -3.14. The molecule has 1 unspecified atom stereocenters. The van der Waals surface area contributed by atoms with Gasteiger partial charge in [0.25, 0.3) is 0 Å². The summed E-state index contributed by atoms with van der Waals surface area (Å²) in [6.07, 6.45) is 1.97. The normalized spacial score (nSPS) is 11.9. The average Bonchev–Trinajstić information content (AvgIpc) is 2.58. The highest BCUT2D eigenvalue weighted by Crippen LogP contribution is 2.32. The fourth-order valence-electron chi connectivity index (χ4n) is 2.26. The maximum absolute atomic E-state index is 11.5. The third kappa shape index (κ3) is 4.68. The van der Waals surface area contributed by atoms with E-state index in [0.717, 1.165) is 22.8 Å². The highest BCUT2D eigenvalue weighted by atomic mass is 16.5. The zero-order valence-corrected chi connectivity index (χ0v) is 13.3. The standard InChI is InChI=1S/C20H18O4/c1-14(17-6-4-3-5-7-17)20(24-15(2)21)18-11-8-16(9-12-18)10-13-19(22)23/h3-13,20H,1H2,2H3,(H,22,23). The van der Waals surface area contributed by atoms with Crippen molar-refractivity contribution in [2.75, 3.05) is 0 Å². The van der Waals surface area contributed by atoms with E-state index >= 15 is 0 Å². The predicted molar refractivity (Wildman–Crippen MR) is 93.1 cm³/mol. The van der Waals surface area contributed by atoms with Gasteiger partial charge in [-0.2, -0.15) is 0 Å². The van der Waals surface area contributed by atoms with E-state index in [9.17, 15) is 9.59 Å². The number of benzene rings is 2. The van der Waals surface area contributed by atoms with Crippen LogP contribution in [0.4, 0.5) is 0 Å². The number of carboxylic acid groups (broad SMARTS) is 1. The zero-order valence-electron chi connectivity index (χ0n) is 13.3. The van der Waals surface area contributed by atoms with Crippen molar-refractivity contribution in [1.29, 1.82) is 0 Å². The summed E-state index contributed by atoms with van der Waals surface area (Å²) in [5.74, 6) is -1.40. The van der Waals surface area contributed by atoms with Crippen molar-refractivity contribution in [3.8, 4) is 0 Å². The molecule has 0 heterocycles. The van der Waals surface area contributed by atoms with E-state index in [1.807, 2.05) is 30.3 Å². The Bertz CT molecular complexity index is 758. The van der Waals surface area contributed by atoms with E-state index in [-0.39, 0.29) is 0 Å². The quantitative estimate of drug-likeness (QED) is 0.642. The molecular weight excluding hydrogens is 304 g/mol. The highest BCUT2D eigenvalue weighted by Gasteiger charge is 2.19. The molecule has 0 aliphatic carbocycles. The summed E-state index contributed by atoms with van der Waals surface area (Å²) in [7, 11) is 0. The van der Waals surface area contributed by atoms with Gasteiger partial charge in [-0.15, -0.1) is 0 Å². The number of carbonyl (C=O) groups excluding carboxylic acids is 1. The Morgan fingerprint density at radius 2 is 1.71 bits per heavy atom. The number of aliphatic carboxylic acids is 1. The van der Waals surface area contributed by atoms with Gasteiger partial charge in [0, 0.05) is 13.0 Å². The molecule has 0 amide bonds. The van der Waals surface area contributed by atoms with Gasteiger partial charge in [0.15, 0.2) is 6.10 Å². The number of carbonyl (C=O) groups is 2. The van der Waals surface area contributed by atoms with Crippen LogP contribution < -0.4 is 0 Å². The minimum Gasteiger partial charge on any atom is -0.478 e. The maximum atomic E-state index is 11.5. The van der Waals surface area contributed by atoms with Crippen molar-refractivity contribution in [2.45, 2.75) is 13.0 Å². The molecule has 0 aromatic heterocycles. The molecule has 0 aliphatic heterocycles. The van der Waals surface area contributed by atoms with E-state index in [2.05, 4.69) is 6.58 Å². The number of esters is 1. The first-order valence-corrected chi connectivity index (χ1v) is 7.40. The lowest BCUT2D eigenvalue weighted by atomic mass is 9.95. The molecule has 4 nitrogen and oxygen atoms in total. The van der Waals surface area contributed by atoms with E-state index in [4.69, 9.17) is 9.84 Å². The Kier molecular flexibility index (Phi) is 5.68. The van der Waals surface area contributed by atoms with Crippen LogP contribution in [0.3, 0.4) is 0 Å². The first-order chi connectivity index (χ1) is 11.5. The van der Waals surface area contributed by atoms with Gasteiger partial charge in [0.1, 0.15) is 0 Å². The fraction of sp³-hybridized carbons (Fsp3) is 0.100. The van der Waals surface area contributed by atoms with Crippen LogP contribution in [0.5, 0.6) is 0 Å². The molecule has 0 bridgehead atoms. The molecule has 2 rings (SSSR count). The van der Waals surface area contributed by atoms with Crippen LogP contribution in [0.25, 0.3) is 11.6 Å².